The van der Waals surface area contributed by atoms with Gasteiger partial charge in [-0.05, 0) is 30.5 Å². The van der Waals surface area contributed by atoms with Crippen LogP contribution in [0.5, 0.6) is 0 Å². The van der Waals surface area contributed by atoms with Gasteiger partial charge in [0.25, 0.3) is 5.91 Å². The smallest absolute Gasteiger partial charge is 0.254 e. The van der Waals surface area contributed by atoms with E-state index >= 15 is 0 Å². The molecule has 0 bridgehead atoms. The molecule has 5 nitrogen and oxygen atoms in total. The van der Waals surface area contributed by atoms with Gasteiger partial charge in [0.05, 0.1) is 6.42 Å². The summed E-state index contributed by atoms with van der Waals surface area (Å²) >= 11 is 0. The number of benzene rings is 1. The number of carbonyl (C=O) groups is 2. The van der Waals surface area contributed by atoms with Crippen LogP contribution in [0.25, 0.3) is 0 Å². The van der Waals surface area contributed by atoms with Gasteiger partial charge in [0.1, 0.15) is 0 Å². The van der Waals surface area contributed by atoms with Crippen LogP contribution in [0.1, 0.15) is 28.8 Å². The van der Waals surface area contributed by atoms with Crippen LogP contribution >= 0.6 is 0 Å². The maximum atomic E-state index is 12.6. The molecule has 0 spiro atoms. The number of amides is 2. The second-order valence-corrected chi connectivity index (χ2v) is 6.16. The van der Waals surface area contributed by atoms with Crippen LogP contribution in [0.2, 0.25) is 0 Å². The summed E-state index contributed by atoms with van der Waals surface area (Å²) in [7, 11) is 0. The molecule has 4 rings (SSSR count). The molecule has 2 amide bonds. The van der Waals surface area contributed by atoms with Crippen LogP contribution in [-0.2, 0) is 11.2 Å². The van der Waals surface area contributed by atoms with E-state index in [-0.39, 0.29) is 11.8 Å². The third kappa shape index (κ3) is 2.42. The molecule has 2 heterocycles. The zero-order valence-electron chi connectivity index (χ0n) is 12.0. The monoisotopic (exact) mass is 285 g/mol. The lowest BCUT2D eigenvalue weighted by Gasteiger charge is -2.34. The van der Waals surface area contributed by atoms with Crippen LogP contribution in [0, 0.1) is 0 Å². The summed E-state index contributed by atoms with van der Waals surface area (Å²) in [6.07, 6.45) is 3.06. The van der Waals surface area contributed by atoms with Crippen molar-refractivity contribution in [2.24, 2.45) is 0 Å². The van der Waals surface area contributed by atoms with Crippen molar-refractivity contribution in [3.63, 3.8) is 0 Å². The number of hydrogen-bond donors (Lipinski definition) is 1. The van der Waals surface area contributed by atoms with Crippen molar-refractivity contribution in [3.8, 4) is 0 Å². The quantitative estimate of drug-likeness (QED) is 0.885. The zero-order valence-corrected chi connectivity index (χ0v) is 12.0. The van der Waals surface area contributed by atoms with Gasteiger partial charge in [-0.1, -0.05) is 6.07 Å². The largest absolute Gasteiger partial charge is 0.336 e. The minimum atomic E-state index is 0.00708. The van der Waals surface area contributed by atoms with E-state index in [9.17, 15) is 9.59 Å². The molecular weight excluding hydrogens is 266 g/mol. The molecule has 1 aromatic rings. The van der Waals surface area contributed by atoms with Crippen molar-refractivity contribution in [2.45, 2.75) is 25.3 Å². The van der Waals surface area contributed by atoms with E-state index < -0.39 is 0 Å². The Labute approximate surface area is 123 Å². The number of rotatable bonds is 2. The lowest BCUT2D eigenvalue weighted by Crippen LogP contribution is -2.49. The first-order valence-corrected chi connectivity index (χ1v) is 7.67. The first kappa shape index (κ1) is 12.8. The molecule has 0 atom stereocenters. The molecule has 0 unspecified atom stereocenters. The molecular formula is C16H19N3O2. The van der Waals surface area contributed by atoms with Crippen LogP contribution in [0.4, 0.5) is 5.69 Å². The van der Waals surface area contributed by atoms with E-state index in [1.807, 2.05) is 23.1 Å². The van der Waals surface area contributed by atoms with Gasteiger partial charge in [0, 0.05) is 43.5 Å². The number of nitrogens with one attached hydrogen (secondary N) is 1. The average Bonchev–Trinajstić information content (AvgIpc) is 3.27. The molecule has 1 N–H and O–H groups in total. The van der Waals surface area contributed by atoms with E-state index in [0.717, 1.165) is 43.5 Å². The van der Waals surface area contributed by atoms with E-state index in [0.29, 0.717) is 12.0 Å². The first-order chi connectivity index (χ1) is 10.2. The lowest BCUT2D eigenvalue weighted by atomic mass is 10.1. The second-order valence-electron chi connectivity index (χ2n) is 6.16. The molecule has 1 aromatic carbocycles. The molecule has 1 saturated heterocycles. The topological polar surface area (TPSA) is 52.7 Å². The second kappa shape index (κ2) is 4.84. The summed E-state index contributed by atoms with van der Waals surface area (Å²) in [6.45, 7) is 3.58. The lowest BCUT2D eigenvalue weighted by molar-refractivity contribution is -0.115. The summed E-state index contributed by atoms with van der Waals surface area (Å²) in [5.41, 5.74) is 2.45. The third-order valence-electron chi connectivity index (χ3n) is 4.65. The highest BCUT2D eigenvalue weighted by molar-refractivity contribution is 6.02. The minimum Gasteiger partial charge on any atom is -0.336 e. The molecule has 1 aliphatic carbocycles. The maximum Gasteiger partial charge on any atom is 0.254 e. The minimum absolute atomic E-state index is 0.00708. The molecule has 1 saturated carbocycles. The summed E-state index contributed by atoms with van der Waals surface area (Å²) < 4.78 is 0. The molecule has 0 radical (unpaired) electrons. The Hall–Kier alpha value is -1.88. The summed E-state index contributed by atoms with van der Waals surface area (Å²) in [6, 6.07) is 6.32. The molecule has 21 heavy (non-hydrogen) atoms. The Morgan fingerprint density at radius 2 is 1.90 bits per heavy atom. The predicted octanol–water partition coefficient (Wildman–Crippen LogP) is 1.10. The molecule has 5 heteroatoms. The number of fused-ring (bicyclic) bond motifs is 1. The van der Waals surface area contributed by atoms with Gasteiger partial charge >= 0.3 is 0 Å². The Morgan fingerprint density at radius 3 is 2.62 bits per heavy atom. The Bertz CT molecular complexity index is 602. The van der Waals surface area contributed by atoms with Gasteiger partial charge in [-0.3, -0.25) is 14.5 Å². The van der Waals surface area contributed by atoms with Crippen molar-refractivity contribution < 1.29 is 9.59 Å². The summed E-state index contributed by atoms with van der Waals surface area (Å²) in [5, 5.41) is 2.81. The zero-order chi connectivity index (χ0) is 14.4. The highest BCUT2D eigenvalue weighted by Gasteiger charge is 2.32. The molecule has 110 valence electrons. The van der Waals surface area contributed by atoms with Crippen LogP contribution in [0.3, 0.4) is 0 Å². The Kier molecular flexibility index (Phi) is 2.96. The number of anilines is 1. The summed E-state index contributed by atoms with van der Waals surface area (Å²) in [4.78, 5) is 28.4. The SMILES string of the molecule is O=C1Cc2ccc(C(=O)N3CCN(C4CC4)CC3)cc2N1. The van der Waals surface area contributed by atoms with Gasteiger partial charge in [0.2, 0.25) is 5.91 Å². The van der Waals surface area contributed by atoms with Gasteiger partial charge in [-0.25, -0.2) is 0 Å². The van der Waals surface area contributed by atoms with Crippen molar-refractivity contribution in [1.29, 1.82) is 0 Å². The van der Waals surface area contributed by atoms with E-state index in [1.165, 1.54) is 12.8 Å². The molecule has 2 fully saturated rings. The fourth-order valence-corrected chi connectivity index (χ4v) is 3.26. The molecule has 2 aliphatic heterocycles. The maximum absolute atomic E-state index is 12.6. The number of piperazine rings is 1. The van der Waals surface area contributed by atoms with Gasteiger partial charge < -0.3 is 10.2 Å². The van der Waals surface area contributed by atoms with Crippen molar-refractivity contribution in [1.82, 2.24) is 9.80 Å². The standard InChI is InChI=1S/C16H19N3O2/c20-15-10-11-1-2-12(9-14(11)17-15)16(21)19-7-5-18(6-8-19)13-3-4-13/h1-2,9,13H,3-8,10H2,(H,17,20). The van der Waals surface area contributed by atoms with Crippen LogP contribution < -0.4 is 5.32 Å². The Balaban J connectivity index is 1.45. The van der Waals surface area contributed by atoms with E-state index in [4.69, 9.17) is 0 Å². The number of carbonyl (C=O) groups excluding carboxylic acids is 2. The average molecular weight is 285 g/mol. The number of hydrogen-bond acceptors (Lipinski definition) is 3. The number of nitrogens with zero attached hydrogens (tertiary/aromatic N) is 2. The first-order valence-electron chi connectivity index (χ1n) is 7.67. The van der Waals surface area contributed by atoms with Crippen LogP contribution in [0.15, 0.2) is 18.2 Å². The molecule has 3 aliphatic rings. The normalized spacial score (nSPS) is 22.1. The van der Waals surface area contributed by atoms with E-state index in [2.05, 4.69) is 10.2 Å². The predicted molar refractivity (Wildman–Crippen MR) is 79.3 cm³/mol. The fourth-order valence-electron chi connectivity index (χ4n) is 3.26. The van der Waals surface area contributed by atoms with E-state index in [1.54, 1.807) is 0 Å². The highest BCUT2D eigenvalue weighted by atomic mass is 16.2. The van der Waals surface area contributed by atoms with Crippen molar-refractivity contribution in [3.05, 3.63) is 29.3 Å². The Morgan fingerprint density at radius 1 is 1.14 bits per heavy atom. The molecule has 0 aromatic heterocycles. The van der Waals surface area contributed by atoms with Gasteiger partial charge in [0.15, 0.2) is 0 Å². The fraction of sp³-hybridized carbons (Fsp3) is 0.500. The third-order valence-corrected chi connectivity index (χ3v) is 4.65. The van der Waals surface area contributed by atoms with Crippen molar-refractivity contribution in [2.75, 3.05) is 31.5 Å². The van der Waals surface area contributed by atoms with Crippen LogP contribution in [-0.4, -0.2) is 53.8 Å². The van der Waals surface area contributed by atoms with Crippen molar-refractivity contribution >= 4 is 17.5 Å². The van der Waals surface area contributed by atoms with Gasteiger partial charge in [-0.15, -0.1) is 0 Å². The highest BCUT2D eigenvalue weighted by Crippen LogP contribution is 2.28. The van der Waals surface area contributed by atoms with Gasteiger partial charge in [-0.2, -0.15) is 0 Å². The summed E-state index contributed by atoms with van der Waals surface area (Å²) in [5.74, 6) is 0.0852.